The average Bonchev–Trinajstić information content (AvgIpc) is 2.75. The molecular formula is C27H37FO. The topological polar surface area (TPSA) is 9.23 Å². The van der Waals surface area contributed by atoms with Crippen LogP contribution in [0.2, 0.25) is 0 Å². The standard InChI is InChI=1S/C27H37FO/c1-4-7-19-29-26-18-17-25(27(28)24(26)6-3)23-15-13-22(14-16-23)21-11-9-20(8-5-2)10-12-21/h13-18,20-21H,4-12,19H2,1-3H3. The van der Waals surface area contributed by atoms with Gasteiger partial charge in [0.25, 0.3) is 0 Å². The molecule has 0 radical (unpaired) electrons. The highest BCUT2D eigenvalue weighted by Crippen LogP contribution is 2.38. The van der Waals surface area contributed by atoms with E-state index in [9.17, 15) is 0 Å². The number of benzene rings is 2. The van der Waals surface area contributed by atoms with Gasteiger partial charge in [0, 0.05) is 11.1 Å². The lowest BCUT2D eigenvalue weighted by Crippen LogP contribution is -2.13. The fraction of sp³-hybridized carbons (Fsp3) is 0.556. The molecule has 0 unspecified atom stereocenters. The molecule has 2 aromatic rings. The minimum atomic E-state index is -0.130. The van der Waals surface area contributed by atoms with Crippen molar-refractivity contribution in [1.82, 2.24) is 0 Å². The Balaban J connectivity index is 1.72. The van der Waals surface area contributed by atoms with E-state index in [1.807, 2.05) is 19.1 Å². The Hall–Kier alpha value is -1.83. The van der Waals surface area contributed by atoms with Crippen LogP contribution in [0.1, 0.15) is 89.2 Å². The Kier molecular flexibility index (Phi) is 8.15. The maximum absolute atomic E-state index is 15.2. The maximum atomic E-state index is 15.2. The predicted octanol–water partition coefficient (Wildman–Crippen LogP) is 8.31. The second-order valence-corrected chi connectivity index (χ2v) is 8.59. The van der Waals surface area contributed by atoms with E-state index in [-0.39, 0.29) is 5.82 Å². The average molecular weight is 397 g/mol. The van der Waals surface area contributed by atoms with E-state index in [0.29, 0.717) is 35.8 Å². The molecule has 2 aromatic carbocycles. The van der Waals surface area contributed by atoms with Crippen LogP contribution >= 0.6 is 0 Å². The van der Waals surface area contributed by atoms with Crippen LogP contribution in [0.15, 0.2) is 36.4 Å². The van der Waals surface area contributed by atoms with Gasteiger partial charge in [-0.15, -0.1) is 0 Å². The molecule has 0 atom stereocenters. The van der Waals surface area contributed by atoms with Gasteiger partial charge in [0.15, 0.2) is 0 Å². The summed E-state index contributed by atoms with van der Waals surface area (Å²) in [6.45, 7) is 7.07. The summed E-state index contributed by atoms with van der Waals surface area (Å²) in [4.78, 5) is 0. The van der Waals surface area contributed by atoms with Crippen molar-refractivity contribution >= 4 is 0 Å². The molecule has 0 aliphatic heterocycles. The normalized spacial score (nSPS) is 19.3. The van der Waals surface area contributed by atoms with Crippen molar-refractivity contribution in [2.75, 3.05) is 6.61 Å². The molecule has 0 bridgehead atoms. The molecule has 158 valence electrons. The third kappa shape index (κ3) is 5.41. The van der Waals surface area contributed by atoms with E-state index < -0.39 is 0 Å². The first-order valence-corrected chi connectivity index (χ1v) is 11.7. The SMILES string of the molecule is CCCCOc1ccc(-c2ccc(C3CCC(CCC)CC3)cc2)c(F)c1CC. The zero-order chi connectivity index (χ0) is 20.6. The van der Waals surface area contributed by atoms with Crippen molar-refractivity contribution in [3.05, 3.63) is 53.3 Å². The van der Waals surface area contributed by atoms with E-state index in [1.165, 1.54) is 44.1 Å². The van der Waals surface area contributed by atoms with Gasteiger partial charge >= 0.3 is 0 Å². The molecule has 0 aromatic heterocycles. The van der Waals surface area contributed by atoms with Crippen molar-refractivity contribution in [2.45, 2.75) is 84.5 Å². The van der Waals surface area contributed by atoms with Gasteiger partial charge in [-0.3, -0.25) is 0 Å². The highest BCUT2D eigenvalue weighted by atomic mass is 19.1. The lowest BCUT2D eigenvalue weighted by atomic mass is 9.77. The lowest BCUT2D eigenvalue weighted by molar-refractivity contribution is 0.304. The number of unbranched alkanes of at least 4 members (excludes halogenated alkanes) is 1. The Morgan fingerprint density at radius 3 is 2.24 bits per heavy atom. The van der Waals surface area contributed by atoms with Crippen molar-refractivity contribution in [3.8, 4) is 16.9 Å². The summed E-state index contributed by atoms with van der Waals surface area (Å²) >= 11 is 0. The highest BCUT2D eigenvalue weighted by Gasteiger charge is 2.22. The van der Waals surface area contributed by atoms with Gasteiger partial charge in [0.2, 0.25) is 0 Å². The quantitative estimate of drug-likeness (QED) is 0.387. The molecule has 1 aliphatic carbocycles. The second-order valence-electron chi connectivity index (χ2n) is 8.59. The molecule has 3 rings (SSSR count). The molecule has 0 amide bonds. The van der Waals surface area contributed by atoms with E-state index >= 15 is 4.39 Å². The number of hydrogen-bond acceptors (Lipinski definition) is 1. The third-order valence-corrected chi connectivity index (χ3v) is 6.55. The van der Waals surface area contributed by atoms with Crippen LogP contribution in [0.25, 0.3) is 11.1 Å². The first-order valence-electron chi connectivity index (χ1n) is 11.7. The fourth-order valence-electron chi connectivity index (χ4n) is 4.75. The zero-order valence-corrected chi connectivity index (χ0v) is 18.5. The Morgan fingerprint density at radius 2 is 1.62 bits per heavy atom. The maximum Gasteiger partial charge on any atom is 0.137 e. The molecule has 0 N–H and O–H groups in total. The minimum Gasteiger partial charge on any atom is -0.493 e. The molecule has 1 nitrogen and oxygen atoms in total. The van der Waals surface area contributed by atoms with Crippen molar-refractivity contribution in [1.29, 1.82) is 0 Å². The number of rotatable bonds is 9. The first-order chi connectivity index (χ1) is 14.2. The summed E-state index contributed by atoms with van der Waals surface area (Å²) in [6, 6.07) is 12.5. The molecule has 29 heavy (non-hydrogen) atoms. The molecule has 1 saturated carbocycles. The molecule has 0 spiro atoms. The third-order valence-electron chi connectivity index (χ3n) is 6.55. The Bertz CT molecular complexity index is 757. The van der Waals surface area contributed by atoms with E-state index in [0.717, 1.165) is 24.3 Å². The first kappa shape index (κ1) is 21.9. The molecule has 0 heterocycles. The summed E-state index contributed by atoms with van der Waals surface area (Å²) in [5.41, 5.74) is 3.75. The Morgan fingerprint density at radius 1 is 0.897 bits per heavy atom. The van der Waals surface area contributed by atoms with E-state index in [1.54, 1.807) is 0 Å². The summed E-state index contributed by atoms with van der Waals surface area (Å²) in [6.07, 6.45) is 10.7. The summed E-state index contributed by atoms with van der Waals surface area (Å²) in [5.74, 6) is 2.16. The molecule has 0 saturated heterocycles. The highest BCUT2D eigenvalue weighted by molar-refractivity contribution is 5.67. The van der Waals surface area contributed by atoms with E-state index in [4.69, 9.17) is 4.74 Å². The van der Waals surface area contributed by atoms with Crippen LogP contribution in [-0.4, -0.2) is 6.61 Å². The zero-order valence-electron chi connectivity index (χ0n) is 18.5. The van der Waals surface area contributed by atoms with E-state index in [2.05, 4.69) is 38.1 Å². The summed E-state index contributed by atoms with van der Waals surface area (Å²) < 4.78 is 21.0. The van der Waals surface area contributed by atoms with Gasteiger partial charge in [-0.1, -0.05) is 64.3 Å². The molecule has 1 aliphatic rings. The largest absolute Gasteiger partial charge is 0.493 e. The molecular weight excluding hydrogens is 359 g/mol. The van der Waals surface area contributed by atoms with Crippen LogP contribution in [0.5, 0.6) is 5.75 Å². The predicted molar refractivity (Wildman–Crippen MR) is 121 cm³/mol. The van der Waals surface area contributed by atoms with Crippen molar-refractivity contribution in [2.24, 2.45) is 5.92 Å². The fourth-order valence-corrected chi connectivity index (χ4v) is 4.75. The number of ether oxygens (including phenoxy) is 1. The van der Waals surface area contributed by atoms with Crippen LogP contribution in [0, 0.1) is 11.7 Å². The number of halogens is 1. The summed E-state index contributed by atoms with van der Waals surface area (Å²) in [7, 11) is 0. The van der Waals surface area contributed by atoms with Gasteiger partial charge in [-0.25, -0.2) is 4.39 Å². The summed E-state index contributed by atoms with van der Waals surface area (Å²) in [5, 5.41) is 0. The van der Waals surface area contributed by atoms with Crippen LogP contribution in [0.4, 0.5) is 4.39 Å². The van der Waals surface area contributed by atoms with Gasteiger partial charge < -0.3 is 4.74 Å². The van der Waals surface area contributed by atoms with Crippen LogP contribution < -0.4 is 4.74 Å². The van der Waals surface area contributed by atoms with Crippen molar-refractivity contribution in [3.63, 3.8) is 0 Å². The lowest BCUT2D eigenvalue weighted by Gasteiger charge is -2.28. The molecule has 1 fully saturated rings. The number of hydrogen-bond donors (Lipinski definition) is 0. The van der Waals surface area contributed by atoms with Gasteiger partial charge in [-0.2, -0.15) is 0 Å². The van der Waals surface area contributed by atoms with Crippen molar-refractivity contribution < 1.29 is 9.13 Å². The molecule has 2 heteroatoms. The smallest absolute Gasteiger partial charge is 0.137 e. The van der Waals surface area contributed by atoms with Crippen LogP contribution in [-0.2, 0) is 6.42 Å². The van der Waals surface area contributed by atoms with Crippen LogP contribution in [0.3, 0.4) is 0 Å². The Labute approximate surface area is 176 Å². The minimum absolute atomic E-state index is 0.130. The second kappa shape index (κ2) is 10.8. The monoisotopic (exact) mass is 396 g/mol. The van der Waals surface area contributed by atoms with Gasteiger partial charge in [0.05, 0.1) is 6.61 Å². The van der Waals surface area contributed by atoms with Gasteiger partial charge in [-0.05, 0) is 73.6 Å². The van der Waals surface area contributed by atoms with Gasteiger partial charge in [0.1, 0.15) is 11.6 Å².